The van der Waals surface area contributed by atoms with E-state index < -0.39 is 0 Å². The van der Waals surface area contributed by atoms with Crippen LogP contribution in [0.15, 0.2) is 18.2 Å². The molecule has 2 N–H and O–H groups in total. The van der Waals surface area contributed by atoms with E-state index in [1.807, 2.05) is 0 Å². The third-order valence-corrected chi connectivity index (χ3v) is 3.57. The smallest absolute Gasteiger partial charge is 0.148 e. The largest absolute Gasteiger partial charge is 0.399 e. The van der Waals surface area contributed by atoms with E-state index in [0.29, 0.717) is 11.4 Å². The van der Waals surface area contributed by atoms with Gasteiger partial charge in [0.15, 0.2) is 0 Å². The third kappa shape index (κ3) is 1.45. The van der Waals surface area contributed by atoms with Gasteiger partial charge in [0, 0.05) is 24.2 Å². The zero-order valence-corrected chi connectivity index (χ0v) is 9.08. The first-order valence-corrected chi connectivity index (χ1v) is 5.56. The molecule has 2 aliphatic rings. The summed E-state index contributed by atoms with van der Waals surface area (Å²) in [5, 5.41) is 0. The second-order valence-electron chi connectivity index (χ2n) is 4.88. The van der Waals surface area contributed by atoms with E-state index in [0.717, 1.165) is 32.7 Å². The molecule has 0 aromatic heterocycles. The highest BCUT2D eigenvalue weighted by molar-refractivity contribution is 5.55. The van der Waals surface area contributed by atoms with Crippen molar-refractivity contribution in [2.24, 2.45) is 5.41 Å². The minimum absolute atomic E-state index is 0.225. The standard InChI is InChI=1S/C12H15FN2O/c13-10-5-9(14)1-2-11(10)15-4-3-12(6-15)7-16-8-12/h1-2,5H,3-4,6-8,14H2. The number of ether oxygens (including phenoxy) is 1. The van der Waals surface area contributed by atoms with E-state index in [-0.39, 0.29) is 11.2 Å². The van der Waals surface area contributed by atoms with Gasteiger partial charge in [0.1, 0.15) is 5.82 Å². The summed E-state index contributed by atoms with van der Waals surface area (Å²) in [5.74, 6) is -0.225. The van der Waals surface area contributed by atoms with E-state index in [2.05, 4.69) is 4.90 Å². The molecule has 0 aliphatic carbocycles. The van der Waals surface area contributed by atoms with Crippen LogP contribution in [0.2, 0.25) is 0 Å². The Labute approximate surface area is 94.0 Å². The Morgan fingerprint density at radius 1 is 1.38 bits per heavy atom. The highest BCUT2D eigenvalue weighted by Gasteiger charge is 2.44. The average molecular weight is 222 g/mol. The molecule has 2 heterocycles. The predicted molar refractivity (Wildman–Crippen MR) is 60.9 cm³/mol. The molecule has 1 spiro atoms. The van der Waals surface area contributed by atoms with Gasteiger partial charge in [-0.3, -0.25) is 0 Å². The normalized spacial score (nSPS) is 22.4. The zero-order chi connectivity index (χ0) is 11.2. The maximum absolute atomic E-state index is 13.7. The van der Waals surface area contributed by atoms with Crippen LogP contribution in [-0.4, -0.2) is 26.3 Å². The highest BCUT2D eigenvalue weighted by atomic mass is 19.1. The molecule has 0 radical (unpaired) electrons. The number of nitrogens with zero attached hydrogens (tertiary/aromatic N) is 1. The number of hydrogen-bond donors (Lipinski definition) is 1. The first-order chi connectivity index (χ1) is 7.69. The Kier molecular flexibility index (Phi) is 2.07. The summed E-state index contributed by atoms with van der Waals surface area (Å²) < 4.78 is 19.0. The van der Waals surface area contributed by atoms with Gasteiger partial charge in [-0.25, -0.2) is 4.39 Å². The van der Waals surface area contributed by atoms with Gasteiger partial charge in [0.25, 0.3) is 0 Å². The molecule has 1 aromatic rings. The fourth-order valence-corrected chi connectivity index (χ4v) is 2.55. The van der Waals surface area contributed by atoms with Gasteiger partial charge >= 0.3 is 0 Å². The Bertz CT molecular complexity index is 417. The lowest BCUT2D eigenvalue weighted by atomic mass is 9.85. The molecule has 16 heavy (non-hydrogen) atoms. The first kappa shape index (κ1) is 9.90. The minimum atomic E-state index is -0.225. The van der Waals surface area contributed by atoms with E-state index in [9.17, 15) is 4.39 Å². The van der Waals surface area contributed by atoms with Crippen LogP contribution in [0, 0.1) is 11.2 Å². The summed E-state index contributed by atoms with van der Waals surface area (Å²) >= 11 is 0. The topological polar surface area (TPSA) is 38.5 Å². The molecule has 86 valence electrons. The Balaban J connectivity index is 1.83. The predicted octanol–water partition coefficient (Wildman–Crippen LogP) is 1.63. The molecule has 0 atom stereocenters. The fourth-order valence-electron chi connectivity index (χ4n) is 2.55. The molecule has 4 heteroatoms. The van der Waals surface area contributed by atoms with E-state index >= 15 is 0 Å². The van der Waals surface area contributed by atoms with Crippen LogP contribution in [0.1, 0.15) is 6.42 Å². The second-order valence-corrected chi connectivity index (χ2v) is 4.88. The van der Waals surface area contributed by atoms with Crippen LogP contribution in [0.5, 0.6) is 0 Å². The zero-order valence-electron chi connectivity index (χ0n) is 9.08. The number of nitrogens with two attached hydrogens (primary N) is 1. The van der Waals surface area contributed by atoms with Crippen molar-refractivity contribution in [3.8, 4) is 0 Å². The fraction of sp³-hybridized carbons (Fsp3) is 0.500. The number of halogens is 1. The number of hydrogen-bond acceptors (Lipinski definition) is 3. The van der Waals surface area contributed by atoms with Crippen molar-refractivity contribution in [1.82, 2.24) is 0 Å². The van der Waals surface area contributed by atoms with Crippen molar-refractivity contribution in [3.63, 3.8) is 0 Å². The van der Waals surface area contributed by atoms with E-state index in [1.165, 1.54) is 6.07 Å². The maximum Gasteiger partial charge on any atom is 0.148 e. The van der Waals surface area contributed by atoms with Crippen LogP contribution in [0.4, 0.5) is 15.8 Å². The van der Waals surface area contributed by atoms with Crippen LogP contribution in [0.25, 0.3) is 0 Å². The quantitative estimate of drug-likeness (QED) is 0.734. The SMILES string of the molecule is Nc1ccc(N2CCC3(COC3)C2)c(F)c1. The molecule has 2 aliphatic heterocycles. The molecule has 3 rings (SSSR count). The minimum Gasteiger partial charge on any atom is -0.399 e. The van der Waals surface area contributed by atoms with Gasteiger partial charge in [-0.2, -0.15) is 0 Å². The number of rotatable bonds is 1. The van der Waals surface area contributed by atoms with Crippen molar-refractivity contribution in [1.29, 1.82) is 0 Å². The van der Waals surface area contributed by atoms with Gasteiger partial charge in [0.05, 0.1) is 18.9 Å². The molecular formula is C12H15FN2O. The first-order valence-electron chi connectivity index (χ1n) is 5.56. The number of nitrogen functional groups attached to an aromatic ring is 1. The summed E-state index contributed by atoms with van der Waals surface area (Å²) in [6.07, 6.45) is 1.09. The van der Waals surface area contributed by atoms with Crippen molar-refractivity contribution >= 4 is 11.4 Å². The summed E-state index contributed by atoms with van der Waals surface area (Å²) in [4.78, 5) is 2.09. The summed E-state index contributed by atoms with van der Waals surface area (Å²) in [5.41, 5.74) is 6.96. The third-order valence-electron chi connectivity index (χ3n) is 3.57. The molecule has 1 aromatic carbocycles. The van der Waals surface area contributed by atoms with Gasteiger partial charge < -0.3 is 15.4 Å². The van der Waals surface area contributed by atoms with Crippen LogP contribution >= 0.6 is 0 Å². The Morgan fingerprint density at radius 3 is 2.75 bits per heavy atom. The lowest BCUT2D eigenvalue weighted by molar-refractivity contribution is -0.0985. The lowest BCUT2D eigenvalue weighted by Gasteiger charge is -2.37. The molecule has 3 nitrogen and oxygen atoms in total. The van der Waals surface area contributed by atoms with Crippen molar-refractivity contribution < 1.29 is 9.13 Å². The van der Waals surface area contributed by atoms with E-state index in [4.69, 9.17) is 10.5 Å². The summed E-state index contributed by atoms with van der Waals surface area (Å²) in [6, 6.07) is 4.90. The van der Waals surface area contributed by atoms with Crippen molar-refractivity contribution in [3.05, 3.63) is 24.0 Å². The monoisotopic (exact) mass is 222 g/mol. The Hall–Kier alpha value is -1.29. The van der Waals surface area contributed by atoms with Gasteiger partial charge in [-0.15, -0.1) is 0 Å². The summed E-state index contributed by atoms with van der Waals surface area (Å²) in [7, 11) is 0. The summed E-state index contributed by atoms with van der Waals surface area (Å²) in [6.45, 7) is 3.44. The number of benzene rings is 1. The van der Waals surface area contributed by atoms with Crippen LogP contribution in [-0.2, 0) is 4.74 Å². The maximum atomic E-state index is 13.7. The van der Waals surface area contributed by atoms with Gasteiger partial charge in [-0.05, 0) is 24.6 Å². The molecule has 0 unspecified atom stereocenters. The van der Waals surface area contributed by atoms with Gasteiger partial charge in [0.2, 0.25) is 0 Å². The molecule has 0 bridgehead atoms. The van der Waals surface area contributed by atoms with E-state index in [1.54, 1.807) is 12.1 Å². The number of anilines is 2. The lowest BCUT2D eigenvalue weighted by Crippen LogP contribution is -2.44. The van der Waals surface area contributed by atoms with Crippen molar-refractivity contribution in [2.45, 2.75) is 6.42 Å². The second kappa shape index (κ2) is 3.35. The average Bonchev–Trinajstić information content (AvgIpc) is 2.62. The molecular weight excluding hydrogens is 207 g/mol. The molecule has 0 amide bonds. The van der Waals surface area contributed by atoms with Crippen LogP contribution in [0.3, 0.4) is 0 Å². The van der Waals surface area contributed by atoms with Crippen molar-refractivity contribution in [2.75, 3.05) is 36.9 Å². The molecule has 2 fully saturated rings. The highest BCUT2D eigenvalue weighted by Crippen LogP contribution is 2.40. The van der Waals surface area contributed by atoms with Gasteiger partial charge in [-0.1, -0.05) is 0 Å². The molecule has 2 saturated heterocycles. The molecule has 0 saturated carbocycles. The van der Waals surface area contributed by atoms with Crippen LogP contribution < -0.4 is 10.6 Å². The Morgan fingerprint density at radius 2 is 2.19 bits per heavy atom.